The summed E-state index contributed by atoms with van der Waals surface area (Å²) in [6, 6.07) is 8.36. The Morgan fingerprint density at radius 2 is 1.89 bits per heavy atom. The number of unbranched alkanes of at least 4 members (excludes halogenated alkanes) is 1. The Morgan fingerprint density at radius 3 is 2.53 bits per heavy atom. The van der Waals surface area contributed by atoms with E-state index in [-0.39, 0.29) is 11.8 Å². The van der Waals surface area contributed by atoms with E-state index < -0.39 is 0 Å². The minimum absolute atomic E-state index is 0.0000862. The van der Waals surface area contributed by atoms with Gasteiger partial charge in [-0.15, -0.1) is 0 Å². The first-order valence-corrected chi connectivity index (χ1v) is 7.20. The standard InChI is InChI=1S/C16H26N2O/c1-5-6-8-13(4)17-14-9-7-10-15(11-14)18-16(19)12(2)3/h7,9-13,17H,5-6,8H2,1-4H3,(H,18,19). The summed E-state index contributed by atoms with van der Waals surface area (Å²) in [5, 5.41) is 6.39. The van der Waals surface area contributed by atoms with Crippen LogP contribution in [0.3, 0.4) is 0 Å². The molecule has 19 heavy (non-hydrogen) atoms. The summed E-state index contributed by atoms with van der Waals surface area (Å²) in [7, 11) is 0. The van der Waals surface area contributed by atoms with Crippen molar-refractivity contribution in [2.24, 2.45) is 5.92 Å². The Morgan fingerprint density at radius 1 is 1.21 bits per heavy atom. The number of carbonyl (C=O) groups excluding carboxylic acids is 1. The first-order valence-electron chi connectivity index (χ1n) is 7.20. The Balaban J connectivity index is 2.59. The number of carbonyl (C=O) groups is 1. The summed E-state index contributed by atoms with van der Waals surface area (Å²) in [6.45, 7) is 8.18. The zero-order chi connectivity index (χ0) is 14.3. The van der Waals surface area contributed by atoms with Crippen LogP contribution in [0.4, 0.5) is 11.4 Å². The van der Waals surface area contributed by atoms with Gasteiger partial charge in [-0.2, -0.15) is 0 Å². The summed E-state index contributed by atoms with van der Waals surface area (Å²) in [5.41, 5.74) is 1.91. The molecule has 1 amide bonds. The quantitative estimate of drug-likeness (QED) is 0.770. The Kier molecular flexibility index (Phi) is 6.40. The summed E-state index contributed by atoms with van der Waals surface area (Å²) in [5.74, 6) is 0.0521. The van der Waals surface area contributed by atoms with Crippen LogP contribution in [0.25, 0.3) is 0 Å². The molecule has 0 aromatic heterocycles. The van der Waals surface area contributed by atoms with E-state index in [1.807, 2.05) is 38.1 Å². The van der Waals surface area contributed by atoms with Gasteiger partial charge in [0.05, 0.1) is 0 Å². The van der Waals surface area contributed by atoms with Crippen LogP contribution in [0, 0.1) is 5.92 Å². The van der Waals surface area contributed by atoms with E-state index >= 15 is 0 Å². The lowest BCUT2D eigenvalue weighted by Gasteiger charge is -2.16. The van der Waals surface area contributed by atoms with Crippen molar-refractivity contribution in [3.63, 3.8) is 0 Å². The molecule has 1 aromatic carbocycles. The van der Waals surface area contributed by atoms with Gasteiger partial charge in [-0.1, -0.05) is 39.7 Å². The third-order valence-electron chi connectivity index (χ3n) is 3.06. The molecular weight excluding hydrogens is 236 g/mol. The van der Waals surface area contributed by atoms with Crippen molar-refractivity contribution in [3.8, 4) is 0 Å². The Labute approximate surface area is 116 Å². The van der Waals surface area contributed by atoms with Crippen molar-refractivity contribution in [2.45, 2.75) is 53.0 Å². The van der Waals surface area contributed by atoms with Crippen molar-refractivity contribution in [2.75, 3.05) is 10.6 Å². The number of hydrogen-bond donors (Lipinski definition) is 2. The number of anilines is 2. The van der Waals surface area contributed by atoms with Crippen LogP contribution in [0.2, 0.25) is 0 Å². The van der Waals surface area contributed by atoms with E-state index in [0.29, 0.717) is 6.04 Å². The Hall–Kier alpha value is -1.51. The topological polar surface area (TPSA) is 41.1 Å². The number of benzene rings is 1. The monoisotopic (exact) mass is 262 g/mol. The van der Waals surface area contributed by atoms with Crippen LogP contribution >= 0.6 is 0 Å². The lowest BCUT2D eigenvalue weighted by atomic mass is 10.1. The third-order valence-corrected chi connectivity index (χ3v) is 3.06. The van der Waals surface area contributed by atoms with Crippen LogP contribution in [-0.2, 0) is 4.79 Å². The van der Waals surface area contributed by atoms with E-state index in [0.717, 1.165) is 11.4 Å². The first-order chi connectivity index (χ1) is 9.02. The lowest BCUT2D eigenvalue weighted by molar-refractivity contribution is -0.118. The molecule has 1 unspecified atom stereocenters. The minimum Gasteiger partial charge on any atom is -0.383 e. The molecule has 0 radical (unpaired) electrons. The summed E-state index contributed by atoms with van der Waals surface area (Å²) >= 11 is 0. The molecule has 1 rings (SSSR count). The van der Waals surface area contributed by atoms with Crippen LogP contribution < -0.4 is 10.6 Å². The average molecular weight is 262 g/mol. The van der Waals surface area contributed by atoms with Crippen LogP contribution in [-0.4, -0.2) is 11.9 Å². The van der Waals surface area contributed by atoms with Gasteiger partial charge in [0.2, 0.25) is 5.91 Å². The number of hydrogen-bond acceptors (Lipinski definition) is 2. The highest BCUT2D eigenvalue weighted by Gasteiger charge is 2.07. The van der Waals surface area contributed by atoms with Gasteiger partial charge in [-0.3, -0.25) is 4.79 Å². The maximum atomic E-state index is 11.7. The van der Waals surface area contributed by atoms with E-state index in [1.165, 1.54) is 19.3 Å². The van der Waals surface area contributed by atoms with E-state index in [1.54, 1.807) is 0 Å². The average Bonchev–Trinajstić information content (AvgIpc) is 2.36. The molecule has 0 spiro atoms. The van der Waals surface area contributed by atoms with Crippen molar-refractivity contribution >= 4 is 17.3 Å². The first kappa shape index (κ1) is 15.5. The van der Waals surface area contributed by atoms with Crippen LogP contribution in [0.5, 0.6) is 0 Å². The molecule has 0 saturated heterocycles. The van der Waals surface area contributed by atoms with Crippen molar-refractivity contribution < 1.29 is 4.79 Å². The highest BCUT2D eigenvalue weighted by atomic mass is 16.1. The molecule has 0 fully saturated rings. The molecule has 0 heterocycles. The van der Waals surface area contributed by atoms with Gasteiger partial charge in [0.15, 0.2) is 0 Å². The molecule has 0 aliphatic rings. The van der Waals surface area contributed by atoms with E-state index in [2.05, 4.69) is 24.5 Å². The van der Waals surface area contributed by atoms with Gasteiger partial charge in [0.1, 0.15) is 0 Å². The predicted octanol–water partition coefficient (Wildman–Crippen LogP) is 4.27. The van der Waals surface area contributed by atoms with Gasteiger partial charge in [0, 0.05) is 23.3 Å². The second-order valence-corrected chi connectivity index (χ2v) is 5.41. The predicted molar refractivity (Wildman–Crippen MR) is 82.5 cm³/mol. The number of amides is 1. The van der Waals surface area contributed by atoms with Gasteiger partial charge >= 0.3 is 0 Å². The Bertz CT molecular complexity index is 401. The zero-order valence-corrected chi connectivity index (χ0v) is 12.5. The fraction of sp³-hybridized carbons (Fsp3) is 0.562. The van der Waals surface area contributed by atoms with Gasteiger partial charge in [-0.25, -0.2) is 0 Å². The van der Waals surface area contributed by atoms with E-state index in [9.17, 15) is 4.79 Å². The molecule has 2 N–H and O–H groups in total. The highest BCUT2D eigenvalue weighted by Crippen LogP contribution is 2.17. The molecule has 0 bridgehead atoms. The molecule has 1 atom stereocenters. The minimum atomic E-state index is 0.0000862. The number of rotatable bonds is 7. The fourth-order valence-corrected chi connectivity index (χ4v) is 1.84. The summed E-state index contributed by atoms with van der Waals surface area (Å²) in [6.07, 6.45) is 3.62. The molecule has 106 valence electrons. The fourth-order valence-electron chi connectivity index (χ4n) is 1.84. The maximum Gasteiger partial charge on any atom is 0.226 e. The smallest absolute Gasteiger partial charge is 0.226 e. The van der Waals surface area contributed by atoms with Crippen LogP contribution in [0.1, 0.15) is 47.0 Å². The molecule has 0 aliphatic carbocycles. The molecule has 3 heteroatoms. The largest absolute Gasteiger partial charge is 0.383 e. The molecular formula is C16H26N2O. The molecule has 0 aliphatic heterocycles. The molecule has 1 aromatic rings. The SMILES string of the molecule is CCCCC(C)Nc1cccc(NC(=O)C(C)C)c1. The highest BCUT2D eigenvalue weighted by molar-refractivity contribution is 5.92. The van der Waals surface area contributed by atoms with Gasteiger partial charge < -0.3 is 10.6 Å². The lowest BCUT2D eigenvalue weighted by Crippen LogP contribution is -2.18. The zero-order valence-electron chi connectivity index (χ0n) is 12.5. The van der Waals surface area contributed by atoms with Crippen molar-refractivity contribution in [1.82, 2.24) is 0 Å². The van der Waals surface area contributed by atoms with E-state index in [4.69, 9.17) is 0 Å². The molecule has 0 saturated carbocycles. The van der Waals surface area contributed by atoms with Crippen LogP contribution in [0.15, 0.2) is 24.3 Å². The van der Waals surface area contributed by atoms with Gasteiger partial charge in [0.25, 0.3) is 0 Å². The van der Waals surface area contributed by atoms with Gasteiger partial charge in [-0.05, 0) is 31.5 Å². The third kappa shape index (κ3) is 5.77. The summed E-state index contributed by atoms with van der Waals surface area (Å²) in [4.78, 5) is 11.7. The molecule has 3 nitrogen and oxygen atoms in total. The maximum absolute atomic E-state index is 11.7. The second kappa shape index (κ2) is 7.82. The summed E-state index contributed by atoms with van der Waals surface area (Å²) < 4.78 is 0. The van der Waals surface area contributed by atoms with Crippen molar-refractivity contribution in [3.05, 3.63) is 24.3 Å². The second-order valence-electron chi connectivity index (χ2n) is 5.41. The normalized spacial score (nSPS) is 12.3. The number of nitrogens with one attached hydrogen (secondary N) is 2. The van der Waals surface area contributed by atoms with Crippen molar-refractivity contribution in [1.29, 1.82) is 0 Å².